The standard InChI is InChI=1S/C17H12.Ir/c1-13-6-5-9-16-12-15(10-11-17(13)16)14-7-3-2-4-8-14;/h2-7,9-11H,1H3;/q-2;. The second kappa shape index (κ2) is 5.47. The number of fused-ring (bicyclic) bond motifs is 1. The van der Waals surface area contributed by atoms with Crippen molar-refractivity contribution >= 4 is 10.8 Å². The van der Waals surface area contributed by atoms with E-state index >= 15 is 0 Å². The Bertz CT molecular complexity index is 657. The van der Waals surface area contributed by atoms with Gasteiger partial charge in [0, 0.05) is 20.1 Å². The normalized spacial score (nSPS) is 10.1. The van der Waals surface area contributed by atoms with Crippen molar-refractivity contribution in [3.63, 3.8) is 0 Å². The van der Waals surface area contributed by atoms with Gasteiger partial charge in [-0.05, 0) is 6.92 Å². The van der Waals surface area contributed by atoms with Gasteiger partial charge in [0.2, 0.25) is 0 Å². The van der Waals surface area contributed by atoms with E-state index in [4.69, 9.17) is 0 Å². The minimum atomic E-state index is 0. The van der Waals surface area contributed by atoms with Crippen LogP contribution in [0.5, 0.6) is 0 Å². The molecule has 3 aromatic rings. The molecule has 0 saturated heterocycles. The van der Waals surface area contributed by atoms with Crippen LogP contribution in [0.15, 0.2) is 54.6 Å². The van der Waals surface area contributed by atoms with Gasteiger partial charge in [0.05, 0.1) is 0 Å². The van der Waals surface area contributed by atoms with E-state index in [0.717, 1.165) is 11.1 Å². The first-order chi connectivity index (χ1) is 8.34. The van der Waals surface area contributed by atoms with Crippen LogP contribution in [-0.2, 0) is 20.1 Å². The zero-order valence-corrected chi connectivity index (χ0v) is 12.4. The molecule has 18 heavy (non-hydrogen) atoms. The summed E-state index contributed by atoms with van der Waals surface area (Å²) in [4.78, 5) is 0. The van der Waals surface area contributed by atoms with E-state index in [2.05, 4.69) is 55.5 Å². The van der Waals surface area contributed by atoms with Gasteiger partial charge >= 0.3 is 0 Å². The predicted octanol–water partition coefficient (Wildman–Crippen LogP) is 4.41. The molecule has 91 valence electrons. The summed E-state index contributed by atoms with van der Waals surface area (Å²) in [6, 6.07) is 25.3. The third-order valence-corrected chi connectivity index (χ3v) is 3.01. The Balaban J connectivity index is 0.00000120. The van der Waals surface area contributed by atoms with Crippen molar-refractivity contribution in [1.29, 1.82) is 0 Å². The monoisotopic (exact) mass is 409 g/mol. The molecule has 0 spiro atoms. The van der Waals surface area contributed by atoms with E-state index in [-0.39, 0.29) is 20.1 Å². The molecule has 0 atom stereocenters. The molecule has 0 bridgehead atoms. The minimum Gasteiger partial charge on any atom is -0.209 e. The average Bonchev–Trinajstić information content (AvgIpc) is 2.40. The number of rotatable bonds is 1. The molecule has 0 unspecified atom stereocenters. The smallest absolute Gasteiger partial charge is 0 e. The van der Waals surface area contributed by atoms with Crippen LogP contribution in [0.1, 0.15) is 5.56 Å². The predicted molar refractivity (Wildman–Crippen MR) is 71.8 cm³/mol. The van der Waals surface area contributed by atoms with Crippen molar-refractivity contribution in [2.75, 3.05) is 0 Å². The molecule has 1 radical (unpaired) electrons. The fraction of sp³-hybridized carbons (Fsp3) is 0.0588. The summed E-state index contributed by atoms with van der Waals surface area (Å²) in [7, 11) is 0. The van der Waals surface area contributed by atoms with Crippen LogP contribution >= 0.6 is 0 Å². The van der Waals surface area contributed by atoms with E-state index < -0.39 is 0 Å². The van der Waals surface area contributed by atoms with Gasteiger partial charge in [-0.3, -0.25) is 0 Å². The fourth-order valence-electron chi connectivity index (χ4n) is 2.08. The SMILES string of the molecule is Cc1cccc2[c-]c(-c3[c-]cccc3)ccc12.[Ir]. The molecule has 0 aliphatic heterocycles. The first-order valence-corrected chi connectivity index (χ1v) is 5.73. The van der Waals surface area contributed by atoms with Gasteiger partial charge in [-0.1, -0.05) is 23.1 Å². The number of aryl methyl sites for hydroxylation is 1. The molecule has 0 nitrogen and oxygen atoms in total. The third-order valence-electron chi connectivity index (χ3n) is 3.01. The molecule has 3 rings (SSSR count). The van der Waals surface area contributed by atoms with Crippen LogP contribution in [0.4, 0.5) is 0 Å². The van der Waals surface area contributed by atoms with Gasteiger partial charge in [0.25, 0.3) is 0 Å². The summed E-state index contributed by atoms with van der Waals surface area (Å²) in [5.74, 6) is 0. The molecule has 0 heterocycles. The van der Waals surface area contributed by atoms with E-state index in [9.17, 15) is 0 Å². The zero-order chi connectivity index (χ0) is 11.7. The molecule has 0 aromatic heterocycles. The van der Waals surface area contributed by atoms with Gasteiger partial charge < -0.3 is 0 Å². The minimum absolute atomic E-state index is 0. The van der Waals surface area contributed by atoms with Crippen molar-refractivity contribution < 1.29 is 20.1 Å². The largest absolute Gasteiger partial charge is 0.209 e. The van der Waals surface area contributed by atoms with Crippen molar-refractivity contribution in [2.24, 2.45) is 0 Å². The van der Waals surface area contributed by atoms with Crippen LogP contribution in [-0.4, -0.2) is 0 Å². The van der Waals surface area contributed by atoms with Crippen LogP contribution in [0.25, 0.3) is 21.9 Å². The molecule has 0 saturated carbocycles. The van der Waals surface area contributed by atoms with Gasteiger partial charge in [-0.15, -0.1) is 23.6 Å². The summed E-state index contributed by atoms with van der Waals surface area (Å²) in [5, 5.41) is 2.44. The Morgan fingerprint density at radius 3 is 2.50 bits per heavy atom. The summed E-state index contributed by atoms with van der Waals surface area (Å²) >= 11 is 0. The zero-order valence-electron chi connectivity index (χ0n) is 10.0. The Labute approximate surface area is 121 Å². The topological polar surface area (TPSA) is 0 Å². The third kappa shape index (κ3) is 2.38. The summed E-state index contributed by atoms with van der Waals surface area (Å²) < 4.78 is 0. The average molecular weight is 408 g/mol. The molecular weight excluding hydrogens is 396 g/mol. The maximum Gasteiger partial charge on any atom is 0 e. The second-order valence-electron chi connectivity index (χ2n) is 4.18. The van der Waals surface area contributed by atoms with Gasteiger partial charge in [-0.2, -0.15) is 42.0 Å². The van der Waals surface area contributed by atoms with Crippen LogP contribution in [0, 0.1) is 19.1 Å². The molecule has 3 aromatic carbocycles. The molecule has 0 fully saturated rings. The van der Waals surface area contributed by atoms with E-state index in [0.29, 0.717) is 0 Å². The molecule has 0 aliphatic rings. The van der Waals surface area contributed by atoms with E-state index in [1.165, 1.54) is 16.3 Å². The molecule has 0 amide bonds. The maximum absolute atomic E-state index is 3.45. The van der Waals surface area contributed by atoms with Crippen LogP contribution in [0.2, 0.25) is 0 Å². The van der Waals surface area contributed by atoms with Crippen molar-refractivity contribution in [3.8, 4) is 11.1 Å². The quantitative estimate of drug-likeness (QED) is 0.523. The molecule has 0 N–H and O–H groups in total. The van der Waals surface area contributed by atoms with Gasteiger partial charge in [0.1, 0.15) is 0 Å². The number of hydrogen-bond donors (Lipinski definition) is 0. The van der Waals surface area contributed by atoms with Gasteiger partial charge in [-0.25, -0.2) is 5.56 Å². The summed E-state index contributed by atoms with van der Waals surface area (Å²) in [6.07, 6.45) is 0. The van der Waals surface area contributed by atoms with Crippen molar-refractivity contribution in [1.82, 2.24) is 0 Å². The Morgan fingerprint density at radius 1 is 0.833 bits per heavy atom. The van der Waals surface area contributed by atoms with E-state index in [1.807, 2.05) is 18.2 Å². The summed E-state index contributed by atoms with van der Waals surface area (Å²) in [5.41, 5.74) is 3.49. The molecule has 0 aliphatic carbocycles. The van der Waals surface area contributed by atoms with Crippen LogP contribution < -0.4 is 0 Å². The number of hydrogen-bond acceptors (Lipinski definition) is 0. The summed E-state index contributed by atoms with van der Waals surface area (Å²) in [6.45, 7) is 2.13. The Kier molecular flexibility index (Phi) is 3.96. The van der Waals surface area contributed by atoms with E-state index in [1.54, 1.807) is 0 Å². The van der Waals surface area contributed by atoms with Gasteiger partial charge in [0.15, 0.2) is 0 Å². The van der Waals surface area contributed by atoms with Crippen molar-refractivity contribution in [2.45, 2.75) is 6.92 Å². The first kappa shape index (κ1) is 13.0. The molecular formula is C17H12Ir-2. The fourth-order valence-corrected chi connectivity index (χ4v) is 2.08. The Hall–Kier alpha value is -1.43. The molecule has 1 heteroatoms. The van der Waals surface area contributed by atoms with Crippen molar-refractivity contribution in [3.05, 3.63) is 72.3 Å². The Morgan fingerprint density at radius 2 is 1.72 bits per heavy atom. The first-order valence-electron chi connectivity index (χ1n) is 5.73. The van der Waals surface area contributed by atoms with Crippen LogP contribution in [0.3, 0.4) is 0 Å². The number of benzene rings is 3. The maximum atomic E-state index is 3.45. The second-order valence-corrected chi connectivity index (χ2v) is 4.18.